The number of fused-ring (bicyclic) bond motifs is 13. The number of anilines is 3. The van der Waals surface area contributed by atoms with Crippen LogP contribution >= 0.6 is 0 Å². The summed E-state index contributed by atoms with van der Waals surface area (Å²) < 4.78 is 9.10. The van der Waals surface area contributed by atoms with Crippen molar-refractivity contribution in [3.8, 4) is 67.7 Å². The fourth-order valence-electron chi connectivity index (χ4n) is 11.7. The number of rotatable bonds is 7. The molecule has 1 atom stereocenters. The van der Waals surface area contributed by atoms with Gasteiger partial charge in [-0.05, 0) is 122 Å². The van der Waals surface area contributed by atoms with Crippen LogP contribution in [0.1, 0.15) is 27.8 Å². The van der Waals surface area contributed by atoms with Crippen molar-refractivity contribution in [2.24, 2.45) is 0 Å². The van der Waals surface area contributed by atoms with Crippen LogP contribution in [0, 0.1) is 11.3 Å². The van der Waals surface area contributed by atoms with Crippen LogP contribution in [0.5, 0.6) is 0 Å². The van der Waals surface area contributed by atoms with Gasteiger partial charge in [-0.25, -0.2) is 0 Å². The number of benzene rings is 10. The average molecular weight is 892 g/mol. The molecule has 10 aromatic carbocycles. The first-order valence-corrected chi connectivity index (χ1v) is 23.8. The molecular formula is C66H41N3O. The zero-order valence-electron chi connectivity index (χ0n) is 37.9. The summed E-state index contributed by atoms with van der Waals surface area (Å²) in [5, 5.41) is 11.7. The molecule has 1 unspecified atom stereocenters. The average Bonchev–Trinajstić information content (AvgIpc) is 4.16. The molecule has 2 aliphatic rings. The molecule has 0 fully saturated rings. The summed E-state index contributed by atoms with van der Waals surface area (Å²) in [6.07, 6.45) is 0. The van der Waals surface area contributed by atoms with Crippen molar-refractivity contribution < 1.29 is 4.42 Å². The molecule has 2 aliphatic carbocycles. The second-order valence-corrected chi connectivity index (χ2v) is 18.3. The van der Waals surface area contributed by atoms with Crippen LogP contribution in [-0.2, 0) is 5.41 Å². The molecule has 2 heterocycles. The van der Waals surface area contributed by atoms with Crippen LogP contribution in [0.4, 0.5) is 17.1 Å². The zero-order chi connectivity index (χ0) is 46.3. The van der Waals surface area contributed by atoms with Crippen LogP contribution in [0.3, 0.4) is 0 Å². The quantitative estimate of drug-likeness (QED) is 0.160. The maximum atomic E-state index is 9.50. The Labute approximate surface area is 405 Å². The Hall–Kier alpha value is -9.43. The summed E-state index contributed by atoms with van der Waals surface area (Å²) in [5.41, 5.74) is 22.6. The van der Waals surface area contributed by atoms with E-state index in [1.807, 2.05) is 36.4 Å². The molecule has 0 aliphatic heterocycles. The first kappa shape index (κ1) is 39.7. The Morgan fingerprint density at radius 2 is 0.929 bits per heavy atom. The van der Waals surface area contributed by atoms with Gasteiger partial charge < -0.3 is 13.9 Å². The first-order chi connectivity index (χ1) is 34.7. The number of hydrogen-bond donors (Lipinski definition) is 0. The fourth-order valence-corrected chi connectivity index (χ4v) is 11.7. The standard InChI is InChI=1S/C66H41N3O/c67-42-43-28-30-44(31-29-43)45-32-34-49(35-33-45)68(51-37-39-55-54-23-12-15-27-60(54)70-61(55)41-51)50-36-38-53-52-22-10-13-25-57(52)66(59(53)40-50)58-26-14-11-24-56(58)62-63(66)65(47-18-6-2-7-19-47)69(48-20-8-3-9-21-48)64(62)46-16-4-1-5-17-46/h1-41H. The lowest BCUT2D eigenvalue weighted by atomic mass is 9.69. The van der Waals surface area contributed by atoms with Gasteiger partial charge in [-0.15, -0.1) is 0 Å². The molecular weight excluding hydrogens is 851 g/mol. The molecule has 4 nitrogen and oxygen atoms in total. The van der Waals surface area contributed by atoms with E-state index in [4.69, 9.17) is 4.42 Å². The maximum absolute atomic E-state index is 9.50. The minimum Gasteiger partial charge on any atom is -0.456 e. The molecule has 1 spiro atoms. The van der Waals surface area contributed by atoms with Crippen LogP contribution in [-0.4, -0.2) is 4.57 Å². The number of nitrogens with zero attached hydrogens (tertiary/aromatic N) is 3. The smallest absolute Gasteiger partial charge is 0.137 e. The van der Waals surface area contributed by atoms with E-state index in [-0.39, 0.29) is 0 Å². The number of para-hydroxylation sites is 2. The lowest BCUT2D eigenvalue weighted by Gasteiger charge is -2.33. The highest BCUT2D eigenvalue weighted by molar-refractivity contribution is 6.07. The molecule has 0 N–H and O–H groups in total. The highest BCUT2D eigenvalue weighted by atomic mass is 16.3. The van der Waals surface area contributed by atoms with Crippen molar-refractivity contribution in [3.05, 3.63) is 277 Å². The second-order valence-electron chi connectivity index (χ2n) is 18.3. The molecule has 0 bridgehead atoms. The molecule has 2 aromatic heterocycles. The topological polar surface area (TPSA) is 45.1 Å². The predicted octanol–water partition coefficient (Wildman–Crippen LogP) is 17.1. The molecule has 0 saturated heterocycles. The normalized spacial score (nSPS) is 14.0. The van der Waals surface area contributed by atoms with Gasteiger partial charge in [0.1, 0.15) is 11.2 Å². The maximum Gasteiger partial charge on any atom is 0.137 e. The summed E-state index contributed by atoms with van der Waals surface area (Å²) >= 11 is 0. The Bertz CT molecular complexity index is 4010. The summed E-state index contributed by atoms with van der Waals surface area (Å²) in [5.74, 6) is 0. The number of nitriles is 1. The lowest BCUT2D eigenvalue weighted by molar-refractivity contribution is 0.669. The van der Waals surface area contributed by atoms with Gasteiger partial charge in [-0.1, -0.05) is 176 Å². The summed E-state index contributed by atoms with van der Waals surface area (Å²) in [4.78, 5) is 2.37. The van der Waals surface area contributed by atoms with Crippen LogP contribution in [0.2, 0.25) is 0 Å². The van der Waals surface area contributed by atoms with E-state index in [1.54, 1.807) is 0 Å². The first-order valence-electron chi connectivity index (χ1n) is 23.8. The van der Waals surface area contributed by atoms with Crippen molar-refractivity contribution in [2.45, 2.75) is 5.41 Å². The number of hydrogen-bond acceptors (Lipinski definition) is 3. The fraction of sp³-hybridized carbons (Fsp3) is 0.0152. The molecule has 0 amide bonds. The molecule has 326 valence electrons. The molecule has 14 rings (SSSR count). The van der Waals surface area contributed by atoms with Gasteiger partial charge in [0.15, 0.2) is 0 Å². The van der Waals surface area contributed by atoms with Crippen molar-refractivity contribution in [2.75, 3.05) is 4.90 Å². The SMILES string of the molecule is N#Cc1ccc(-c2ccc(N(c3ccc4c(c3)C3(c5ccccc5-4)c4ccccc4-c4c3c(-c3ccccc3)n(-c3ccccc3)c4-c3ccccc3)c3ccc4c(c3)oc3ccccc34)cc2)cc1. The van der Waals surface area contributed by atoms with Crippen molar-refractivity contribution in [3.63, 3.8) is 0 Å². The number of furan rings is 1. The van der Waals surface area contributed by atoms with Gasteiger partial charge >= 0.3 is 0 Å². The van der Waals surface area contributed by atoms with E-state index < -0.39 is 5.41 Å². The van der Waals surface area contributed by atoms with Crippen molar-refractivity contribution in [1.29, 1.82) is 5.26 Å². The van der Waals surface area contributed by atoms with Crippen LogP contribution in [0.25, 0.3) is 83.5 Å². The summed E-state index contributed by atoms with van der Waals surface area (Å²) in [6, 6.07) is 91.8. The van der Waals surface area contributed by atoms with E-state index >= 15 is 0 Å². The van der Waals surface area contributed by atoms with Gasteiger partial charge in [0.05, 0.1) is 28.4 Å². The zero-order valence-corrected chi connectivity index (χ0v) is 37.9. The van der Waals surface area contributed by atoms with E-state index in [9.17, 15) is 5.26 Å². The lowest BCUT2D eigenvalue weighted by Crippen LogP contribution is -2.27. The molecule has 12 aromatic rings. The Kier molecular flexibility index (Phi) is 8.83. The van der Waals surface area contributed by atoms with E-state index in [2.05, 4.69) is 228 Å². The second kappa shape index (κ2) is 15.6. The third-order valence-corrected chi connectivity index (χ3v) is 14.6. The third kappa shape index (κ3) is 5.76. The van der Waals surface area contributed by atoms with Crippen LogP contribution < -0.4 is 4.90 Å². The highest BCUT2D eigenvalue weighted by Gasteiger charge is 2.55. The number of aromatic nitrogens is 1. The van der Waals surface area contributed by atoms with Gasteiger partial charge in [0.25, 0.3) is 0 Å². The highest BCUT2D eigenvalue weighted by Crippen LogP contribution is 2.67. The van der Waals surface area contributed by atoms with Crippen molar-refractivity contribution >= 4 is 39.0 Å². The Balaban J connectivity index is 1.07. The molecule has 70 heavy (non-hydrogen) atoms. The molecule has 0 radical (unpaired) electrons. The Morgan fingerprint density at radius 1 is 0.400 bits per heavy atom. The van der Waals surface area contributed by atoms with E-state index in [1.165, 1.54) is 55.9 Å². The monoisotopic (exact) mass is 891 g/mol. The van der Waals surface area contributed by atoms with E-state index in [0.717, 1.165) is 66.9 Å². The van der Waals surface area contributed by atoms with Crippen LogP contribution in [0.15, 0.2) is 253 Å². The molecule has 0 saturated carbocycles. The van der Waals surface area contributed by atoms with Gasteiger partial charge in [-0.2, -0.15) is 5.26 Å². The van der Waals surface area contributed by atoms with Gasteiger partial charge in [0.2, 0.25) is 0 Å². The third-order valence-electron chi connectivity index (χ3n) is 14.6. The predicted molar refractivity (Wildman–Crippen MR) is 285 cm³/mol. The largest absolute Gasteiger partial charge is 0.456 e. The Morgan fingerprint density at radius 3 is 1.64 bits per heavy atom. The minimum absolute atomic E-state index is 0.643. The summed E-state index contributed by atoms with van der Waals surface area (Å²) in [6.45, 7) is 0. The minimum atomic E-state index is -0.698. The van der Waals surface area contributed by atoms with Crippen molar-refractivity contribution in [1.82, 2.24) is 4.57 Å². The van der Waals surface area contributed by atoms with E-state index in [0.29, 0.717) is 5.56 Å². The summed E-state index contributed by atoms with van der Waals surface area (Å²) in [7, 11) is 0. The molecule has 4 heteroatoms. The van der Waals surface area contributed by atoms with Gasteiger partial charge in [-0.3, -0.25) is 0 Å². The van der Waals surface area contributed by atoms with Gasteiger partial charge in [0, 0.05) is 50.7 Å².